The molecule has 4 heteroatoms. The highest BCUT2D eigenvalue weighted by molar-refractivity contribution is 5.98. The number of ketones is 1. The lowest BCUT2D eigenvalue weighted by atomic mass is 9.82. The molecule has 0 aromatic carbocycles. The standard InChI is InChI=1S/C9H8O4/c10-6-2-1-5-3-7(9(5)6)13-4-8(11)12/h1-3,5,9H,4H2,(H,11,12). The van der Waals surface area contributed by atoms with Gasteiger partial charge in [-0.05, 0) is 12.2 Å². The van der Waals surface area contributed by atoms with E-state index < -0.39 is 5.97 Å². The molecule has 0 bridgehead atoms. The molecule has 0 aliphatic heterocycles. The quantitative estimate of drug-likeness (QED) is 0.680. The van der Waals surface area contributed by atoms with Crippen molar-refractivity contribution in [2.75, 3.05) is 6.61 Å². The molecule has 2 unspecified atom stereocenters. The molecule has 2 rings (SSSR count). The first-order chi connectivity index (χ1) is 6.18. The molecule has 0 saturated heterocycles. The third-order valence-electron chi connectivity index (χ3n) is 2.20. The van der Waals surface area contributed by atoms with E-state index >= 15 is 0 Å². The van der Waals surface area contributed by atoms with Crippen LogP contribution in [0, 0.1) is 11.8 Å². The number of carbonyl (C=O) groups excluding carboxylic acids is 1. The molecule has 0 spiro atoms. The lowest BCUT2D eigenvalue weighted by molar-refractivity contribution is -0.142. The summed E-state index contributed by atoms with van der Waals surface area (Å²) in [5, 5.41) is 8.34. The Morgan fingerprint density at radius 3 is 3.00 bits per heavy atom. The van der Waals surface area contributed by atoms with Gasteiger partial charge < -0.3 is 9.84 Å². The minimum atomic E-state index is -1.03. The van der Waals surface area contributed by atoms with Gasteiger partial charge in [-0.1, -0.05) is 6.08 Å². The minimum absolute atomic E-state index is 0.00730. The number of rotatable bonds is 3. The Morgan fingerprint density at radius 2 is 2.38 bits per heavy atom. The average Bonchev–Trinajstić information content (AvgIpc) is 2.26. The highest BCUT2D eigenvalue weighted by Gasteiger charge is 2.40. The van der Waals surface area contributed by atoms with Gasteiger partial charge in [-0.3, -0.25) is 4.79 Å². The highest BCUT2D eigenvalue weighted by atomic mass is 16.5. The van der Waals surface area contributed by atoms with Gasteiger partial charge in [0.1, 0.15) is 5.76 Å². The molecular weight excluding hydrogens is 172 g/mol. The van der Waals surface area contributed by atoms with Crippen LogP contribution in [0.5, 0.6) is 0 Å². The normalized spacial score (nSPS) is 29.2. The number of aliphatic carboxylic acids is 1. The Morgan fingerprint density at radius 1 is 1.62 bits per heavy atom. The Hall–Kier alpha value is -1.58. The third-order valence-corrected chi connectivity index (χ3v) is 2.20. The van der Waals surface area contributed by atoms with Gasteiger partial charge in [0, 0.05) is 5.92 Å². The number of carbonyl (C=O) groups is 2. The second-order valence-corrected chi connectivity index (χ2v) is 3.07. The van der Waals surface area contributed by atoms with Crippen LogP contribution in [-0.2, 0) is 14.3 Å². The first-order valence-corrected chi connectivity index (χ1v) is 3.97. The van der Waals surface area contributed by atoms with Crippen LogP contribution >= 0.6 is 0 Å². The number of carboxylic acid groups (broad SMARTS) is 1. The summed E-state index contributed by atoms with van der Waals surface area (Å²) in [6, 6.07) is 0. The summed E-state index contributed by atoms with van der Waals surface area (Å²) in [5.41, 5.74) is 0. The zero-order chi connectivity index (χ0) is 9.42. The van der Waals surface area contributed by atoms with E-state index in [0.29, 0.717) is 5.76 Å². The maximum atomic E-state index is 11.1. The number of hydrogen-bond acceptors (Lipinski definition) is 3. The van der Waals surface area contributed by atoms with Crippen molar-refractivity contribution in [2.24, 2.45) is 11.8 Å². The Labute approximate surface area is 74.5 Å². The summed E-state index contributed by atoms with van der Waals surface area (Å²) in [6.45, 7) is -0.373. The largest absolute Gasteiger partial charge is 0.486 e. The molecule has 1 N–H and O–H groups in total. The van der Waals surface area contributed by atoms with Crippen molar-refractivity contribution in [3.05, 3.63) is 24.0 Å². The maximum absolute atomic E-state index is 11.1. The van der Waals surface area contributed by atoms with Crippen molar-refractivity contribution >= 4 is 11.8 Å². The molecule has 4 nitrogen and oxygen atoms in total. The van der Waals surface area contributed by atoms with Gasteiger partial charge in [0.25, 0.3) is 0 Å². The van der Waals surface area contributed by atoms with Crippen molar-refractivity contribution < 1.29 is 19.4 Å². The molecule has 0 saturated carbocycles. The number of hydrogen-bond donors (Lipinski definition) is 1. The van der Waals surface area contributed by atoms with Crippen LogP contribution in [0.3, 0.4) is 0 Å². The smallest absolute Gasteiger partial charge is 0.341 e. The molecule has 2 aliphatic rings. The highest BCUT2D eigenvalue weighted by Crippen LogP contribution is 2.39. The lowest BCUT2D eigenvalue weighted by Crippen LogP contribution is -2.28. The molecule has 68 valence electrons. The Bertz CT molecular complexity index is 327. The first kappa shape index (κ1) is 8.04. The van der Waals surface area contributed by atoms with Crippen LogP contribution in [-0.4, -0.2) is 23.5 Å². The fourth-order valence-electron chi connectivity index (χ4n) is 1.55. The number of carboxylic acids is 1. The summed E-state index contributed by atoms with van der Waals surface area (Å²) >= 11 is 0. The topological polar surface area (TPSA) is 63.6 Å². The summed E-state index contributed by atoms with van der Waals surface area (Å²) in [4.78, 5) is 21.3. The van der Waals surface area contributed by atoms with Crippen LogP contribution in [0.4, 0.5) is 0 Å². The van der Waals surface area contributed by atoms with Crippen LogP contribution in [0.25, 0.3) is 0 Å². The molecule has 2 aliphatic carbocycles. The molecule has 0 amide bonds. The predicted octanol–water partition coefficient (Wildman–Crippen LogP) is 0.356. The average molecular weight is 180 g/mol. The van der Waals surface area contributed by atoms with E-state index in [1.807, 2.05) is 0 Å². The summed E-state index contributed by atoms with van der Waals surface area (Å²) in [6.07, 6.45) is 5.10. The van der Waals surface area contributed by atoms with Gasteiger partial charge in [0.2, 0.25) is 0 Å². The maximum Gasteiger partial charge on any atom is 0.341 e. The number of ether oxygens (including phenoxy) is 1. The van der Waals surface area contributed by atoms with Gasteiger partial charge in [-0.25, -0.2) is 4.79 Å². The lowest BCUT2D eigenvalue weighted by Gasteiger charge is -2.27. The van der Waals surface area contributed by atoms with Crippen molar-refractivity contribution in [1.29, 1.82) is 0 Å². The van der Waals surface area contributed by atoms with Gasteiger partial charge in [-0.2, -0.15) is 0 Å². The van der Waals surface area contributed by atoms with Crippen molar-refractivity contribution in [2.45, 2.75) is 0 Å². The van der Waals surface area contributed by atoms with E-state index in [1.165, 1.54) is 6.08 Å². The molecule has 0 heterocycles. The van der Waals surface area contributed by atoms with E-state index in [1.54, 1.807) is 12.2 Å². The second-order valence-electron chi connectivity index (χ2n) is 3.07. The first-order valence-electron chi connectivity index (χ1n) is 3.97. The predicted molar refractivity (Wildman–Crippen MR) is 42.8 cm³/mol. The summed E-state index contributed by atoms with van der Waals surface area (Å²) in [5.74, 6) is -0.617. The SMILES string of the molecule is O=C(O)COC1=CC2C=CC(=O)C12. The molecule has 13 heavy (non-hydrogen) atoms. The van der Waals surface area contributed by atoms with Crippen LogP contribution in [0.15, 0.2) is 24.0 Å². The van der Waals surface area contributed by atoms with Crippen molar-refractivity contribution in [3.63, 3.8) is 0 Å². The van der Waals surface area contributed by atoms with Crippen LogP contribution in [0.1, 0.15) is 0 Å². The van der Waals surface area contributed by atoms with E-state index in [9.17, 15) is 9.59 Å². The van der Waals surface area contributed by atoms with Crippen molar-refractivity contribution in [1.82, 2.24) is 0 Å². The number of allylic oxidation sites excluding steroid dienone is 4. The third kappa shape index (κ3) is 1.24. The molecule has 0 aromatic heterocycles. The summed E-state index contributed by atoms with van der Waals surface area (Å²) < 4.78 is 4.92. The van der Waals surface area contributed by atoms with Gasteiger partial charge in [-0.15, -0.1) is 0 Å². The molecule has 0 radical (unpaired) electrons. The summed E-state index contributed by atoms with van der Waals surface area (Å²) in [7, 11) is 0. The van der Waals surface area contributed by atoms with Crippen molar-refractivity contribution in [3.8, 4) is 0 Å². The van der Waals surface area contributed by atoms with Crippen LogP contribution in [0.2, 0.25) is 0 Å². The van der Waals surface area contributed by atoms with Gasteiger partial charge in [0.15, 0.2) is 12.4 Å². The Kier molecular flexibility index (Phi) is 1.69. The monoisotopic (exact) mass is 180 g/mol. The minimum Gasteiger partial charge on any atom is -0.486 e. The molecule has 2 atom stereocenters. The van der Waals surface area contributed by atoms with E-state index in [2.05, 4.69) is 0 Å². The fourth-order valence-corrected chi connectivity index (χ4v) is 1.55. The number of fused-ring (bicyclic) bond motifs is 1. The fraction of sp³-hybridized carbons (Fsp3) is 0.333. The molecule has 0 fully saturated rings. The van der Waals surface area contributed by atoms with E-state index in [0.717, 1.165) is 0 Å². The van der Waals surface area contributed by atoms with Gasteiger partial charge in [0.05, 0.1) is 5.92 Å². The zero-order valence-electron chi connectivity index (χ0n) is 6.77. The van der Waals surface area contributed by atoms with E-state index in [4.69, 9.17) is 9.84 Å². The molecule has 0 aromatic rings. The van der Waals surface area contributed by atoms with Crippen LogP contribution < -0.4 is 0 Å². The second kappa shape index (κ2) is 2.73. The Balaban J connectivity index is 1.95. The van der Waals surface area contributed by atoms with E-state index in [-0.39, 0.29) is 24.2 Å². The zero-order valence-corrected chi connectivity index (χ0v) is 6.77. The molecular formula is C9H8O4. The van der Waals surface area contributed by atoms with Gasteiger partial charge >= 0.3 is 5.97 Å².